The second-order valence-electron chi connectivity index (χ2n) is 6.11. The van der Waals surface area contributed by atoms with E-state index >= 15 is 0 Å². The molecule has 1 aliphatic heterocycles. The van der Waals surface area contributed by atoms with Crippen LogP contribution in [0.15, 0.2) is 18.2 Å². The Morgan fingerprint density at radius 2 is 1.96 bits per heavy atom. The SMILES string of the molecule is CNCCC1CCN(C(=O)c2ccc(C(F)(F)F)cc2[N+](=O)[O-])CC1.Cl. The molecule has 26 heavy (non-hydrogen) atoms. The van der Waals surface area contributed by atoms with Crippen LogP contribution < -0.4 is 5.32 Å². The van der Waals surface area contributed by atoms with Crippen molar-refractivity contribution in [2.75, 3.05) is 26.7 Å². The van der Waals surface area contributed by atoms with Crippen LogP contribution in [-0.4, -0.2) is 42.4 Å². The maximum absolute atomic E-state index is 12.7. The molecule has 1 aromatic carbocycles. The van der Waals surface area contributed by atoms with Gasteiger partial charge >= 0.3 is 6.18 Å². The van der Waals surface area contributed by atoms with Crippen LogP contribution in [0.2, 0.25) is 0 Å². The Hall–Kier alpha value is -1.87. The van der Waals surface area contributed by atoms with Crippen LogP contribution in [0.1, 0.15) is 35.2 Å². The molecule has 1 aromatic rings. The molecule has 6 nitrogen and oxygen atoms in total. The van der Waals surface area contributed by atoms with E-state index in [1.165, 1.54) is 4.90 Å². The second kappa shape index (κ2) is 9.18. The number of halogens is 4. The van der Waals surface area contributed by atoms with Gasteiger partial charge < -0.3 is 10.2 Å². The fourth-order valence-corrected chi connectivity index (χ4v) is 2.98. The first kappa shape index (κ1) is 22.2. The highest BCUT2D eigenvalue weighted by atomic mass is 35.5. The molecule has 0 spiro atoms. The van der Waals surface area contributed by atoms with E-state index in [4.69, 9.17) is 0 Å². The summed E-state index contributed by atoms with van der Waals surface area (Å²) in [7, 11) is 1.86. The lowest BCUT2D eigenvalue weighted by molar-refractivity contribution is -0.385. The molecule has 0 radical (unpaired) electrons. The Morgan fingerprint density at radius 3 is 2.46 bits per heavy atom. The lowest BCUT2D eigenvalue weighted by atomic mass is 9.93. The summed E-state index contributed by atoms with van der Waals surface area (Å²) in [5.74, 6) is -0.119. The summed E-state index contributed by atoms with van der Waals surface area (Å²) in [5, 5.41) is 14.2. The topological polar surface area (TPSA) is 75.5 Å². The predicted molar refractivity (Wildman–Crippen MR) is 92.5 cm³/mol. The maximum atomic E-state index is 12.7. The van der Waals surface area contributed by atoms with Crippen molar-refractivity contribution >= 4 is 24.0 Å². The van der Waals surface area contributed by atoms with E-state index in [0.717, 1.165) is 31.9 Å². The fraction of sp³-hybridized carbons (Fsp3) is 0.562. The number of carbonyl (C=O) groups excluding carboxylic acids is 1. The van der Waals surface area contributed by atoms with Gasteiger partial charge in [-0.3, -0.25) is 14.9 Å². The van der Waals surface area contributed by atoms with Gasteiger partial charge in [-0.15, -0.1) is 12.4 Å². The summed E-state index contributed by atoms with van der Waals surface area (Å²) in [5.41, 5.74) is -2.25. The Morgan fingerprint density at radius 1 is 1.35 bits per heavy atom. The zero-order chi connectivity index (χ0) is 18.6. The number of piperidine rings is 1. The number of nitro groups is 1. The minimum atomic E-state index is -4.70. The number of carbonyl (C=O) groups is 1. The van der Waals surface area contributed by atoms with E-state index in [2.05, 4.69) is 5.32 Å². The monoisotopic (exact) mass is 395 g/mol. The van der Waals surface area contributed by atoms with Gasteiger partial charge in [0.25, 0.3) is 11.6 Å². The van der Waals surface area contributed by atoms with Gasteiger partial charge in [-0.05, 0) is 50.9 Å². The molecule has 0 aromatic heterocycles. The van der Waals surface area contributed by atoms with Crippen LogP contribution in [0.25, 0.3) is 0 Å². The van der Waals surface area contributed by atoms with Gasteiger partial charge in [-0.1, -0.05) is 0 Å². The minimum Gasteiger partial charge on any atom is -0.338 e. The van der Waals surface area contributed by atoms with Crippen molar-refractivity contribution in [3.05, 3.63) is 39.4 Å². The predicted octanol–water partition coefficient (Wildman–Crippen LogP) is 3.50. The van der Waals surface area contributed by atoms with Crippen molar-refractivity contribution in [1.29, 1.82) is 0 Å². The Bertz CT molecular complexity index is 647. The van der Waals surface area contributed by atoms with Crippen molar-refractivity contribution in [2.45, 2.75) is 25.4 Å². The number of nitrogens with one attached hydrogen (secondary N) is 1. The molecule has 0 saturated carbocycles. The molecule has 1 heterocycles. The third kappa shape index (κ3) is 5.31. The van der Waals surface area contributed by atoms with E-state index in [1.807, 2.05) is 7.05 Å². The number of amides is 1. The highest BCUT2D eigenvalue weighted by Gasteiger charge is 2.35. The molecule has 0 aliphatic carbocycles. The number of hydrogen-bond acceptors (Lipinski definition) is 4. The first-order valence-electron chi connectivity index (χ1n) is 8.03. The summed E-state index contributed by atoms with van der Waals surface area (Å²) < 4.78 is 38.2. The average Bonchev–Trinajstić information content (AvgIpc) is 2.58. The second-order valence-corrected chi connectivity index (χ2v) is 6.11. The smallest absolute Gasteiger partial charge is 0.338 e. The Balaban J connectivity index is 0.00000338. The zero-order valence-corrected chi connectivity index (χ0v) is 15.0. The lowest BCUT2D eigenvalue weighted by Gasteiger charge is -2.32. The number of alkyl halides is 3. The van der Waals surface area contributed by atoms with Gasteiger partial charge in [-0.2, -0.15) is 13.2 Å². The van der Waals surface area contributed by atoms with Crippen molar-refractivity contribution in [2.24, 2.45) is 5.92 Å². The third-order valence-corrected chi connectivity index (χ3v) is 4.46. The normalized spacial score (nSPS) is 15.5. The maximum Gasteiger partial charge on any atom is 0.416 e. The molecule has 2 rings (SSSR count). The van der Waals surface area contributed by atoms with E-state index in [0.29, 0.717) is 31.1 Å². The summed E-state index contributed by atoms with van der Waals surface area (Å²) >= 11 is 0. The van der Waals surface area contributed by atoms with Crippen LogP contribution >= 0.6 is 12.4 Å². The van der Waals surface area contributed by atoms with Gasteiger partial charge in [0.05, 0.1) is 10.5 Å². The number of likely N-dealkylation sites (tertiary alicyclic amines) is 1. The molecule has 1 aliphatic rings. The van der Waals surface area contributed by atoms with Gasteiger partial charge in [-0.25, -0.2) is 0 Å². The third-order valence-electron chi connectivity index (χ3n) is 4.46. The molecule has 1 amide bonds. The lowest BCUT2D eigenvalue weighted by Crippen LogP contribution is -2.39. The van der Waals surface area contributed by atoms with E-state index in [-0.39, 0.29) is 18.0 Å². The number of rotatable bonds is 5. The first-order valence-corrected chi connectivity index (χ1v) is 8.03. The Labute approximate surface area is 155 Å². The molecular formula is C16H21ClF3N3O3. The van der Waals surface area contributed by atoms with Crippen LogP contribution in [-0.2, 0) is 6.18 Å². The van der Waals surface area contributed by atoms with Gasteiger partial charge in [0, 0.05) is 19.2 Å². The Kier molecular flexibility index (Phi) is 7.83. The van der Waals surface area contributed by atoms with Crippen molar-refractivity contribution in [3.8, 4) is 0 Å². The van der Waals surface area contributed by atoms with Gasteiger partial charge in [0.15, 0.2) is 0 Å². The summed E-state index contributed by atoms with van der Waals surface area (Å²) in [6.07, 6.45) is -2.15. The first-order chi connectivity index (χ1) is 11.7. The minimum absolute atomic E-state index is 0. The average molecular weight is 396 g/mol. The highest BCUT2D eigenvalue weighted by Crippen LogP contribution is 2.33. The largest absolute Gasteiger partial charge is 0.416 e. The van der Waals surface area contributed by atoms with Crippen LogP contribution in [0, 0.1) is 16.0 Å². The summed E-state index contributed by atoms with van der Waals surface area (Å²) in [4.78, 5) is 24.2. The quantitative estimate of drug-likeness (QED) is 0.611. The zero-order valence-electron chi connectivity index (χ0n) is 14.2. The molecule has 10 heteroatoms. The summed E-state index contributed by atoms with van der Waals surface area (Å²) in [6.45, 7) is 1.78. The molecule has 1 fully saturated rings. The molecule has 0 bridgehead atoms. The molecule has 0 unspecified atom stereocenters. The van der Waals surface area contributed by atoms with Crippen molar-refractivity contribution in [1.82, 2.24) is 10.2 Å². The summed E-state index contributed by atoms with van der Waals surface area (Å²) in [6, 6.07) is 2.03. The number of nitrogens with zero attached hydrogens (tertiary/aromatic N) is 2. The van der Waals surface area contributed by atoms with Gasteiger partial charge in [0.2, 0.25) is 0 Å². The molecule has 0 atom stereocenters. The van der Waals surface area contributed by atoms with Crippen molar-refractivity contribution < 1.29 is 22.9 Å². The van der Waals surface area contributed by atoms with Gasteiger partial charge in [0.1, 0.15) is 5.56 Å². The van der Waals surface area contributed by atoms with Crippen molar-refractivity contribution in [3.63, 3.8) is 0 Å². The molecule has 1 saturated heterocycles. The van der Waals surface area contributed by atoms with E-state index in [1.54, 1.807) is 0 Å². The van der Waals surface area contributed by atoms with Crippen LogP contribution in [0.3, 0.4) is 0 Å². The molecular weight excluding hydrogens is 375 g/mol. The number of hydrogen-bond donors (Lipinski definition) is 1. The number of nitro benzene ring substituents is 1. The van der Waals surface area contributed by atoms with Crippen LogP contribution in [0.5, 0.6) is 0 Å². The fourth-order valence-electron chi connectivity index (χ4n) is 2.98. The number of benzene rings is 1. The van der Waals surface area contributed by atoms with E-state index < -0.39 is 28.3 Å². The van der Waals surface area contributed by atoms with E-state index in [9.17, 15) is 28.1 Å². The molecule has 1 N–H and O–H groups in total. The highest BCUT2D eigenvalue weighted by molar-refractivity contribution is 5.98. The standard InChI is InChI=1S/C16H20F3N3O3.ClH/c1-20-7-4-11-5-8-21(9-6-11)15(23)13-3-2-12(16(17,18)19)10-14(13)22(24)25;/h2-3,10-11,20H,4-9H2,1H3;1H. The molecule has 146 valence electrons. The van der Waals surface area contributed by atoms with Crippen LogP contribution in [0.4, 0.5) is 18.9 Å².